The molecule has 0 radical (unpaired) electrons. The van der Waals surface area contributed by atoms with E-state index in [0.29, 0.717) is 10.00 Å². The monoisotopic (exact) mass is 212 g/mol. The number of hydrogen-bond donors (Lipinski definition) is 0. The van der Waals surface area contributed by atoms with Crippen LogP contribution in [0.25, 0.3) is 0 Å². The predicted octanol–water partition coefficient (Wildman–Crippen LogP) is 4.18. The van der Waals surface area contributed by atoms with Gasteiger partial charge in [0.25, 0.3) is 0 Å². The molecule has 0 aromatic carbocycles. The number of halogens is 1. The Morgan fingerprint density at radius 2 is 1.91 bits per heavy atom. The average Bonchev–Trinajstić information content (AvgIpc) is 1.83. The molecule has 0 aliphatic carbocycles. The molecule has 1 atom stereocenters. The minimum Gasteiger partial charge on any atom is -0.127 e. The summed E-state index contributed by atoms with van der Waals surface area (Å²) in [6.45, 7) is 8.93. The lowest BCUT2D eigenvalue weighted by molar-refractivity contribution is 0.810. The zero-order chi connectivity index (χ0) is 8.91. The first-order valence-corrected chi connectivity index (χ1v) is 6.61. The van der Waals surface area contributed by atoms with Crippen LogP contribution in [0.4, 0.5) is 0 Å². The van der Waals surface area contributed by atoms with E-state index in [9.17, 15) is 0 Å². The van der Waals surface area contributed by atoms with Gasteiger partial charge in [0, 0.05) is 15.9 Å². The standard InChI is InChI=1S/C8H17ClS2/c1-7(5-6-9)10-11-8(2,3)4/h7H,5-6H2,1-4H3/t7-/m0/s1. The molecular formula is C8H17ClS2. The van der Waals surface area contributed by atoms with E-state index >= 15 is 0 Å². The Morgan fingerprint density at radius 3 is 2.27 bits per heavy atom. The lowest BCUT2D eigenvalue weighted by atomic mass is 10.3. The maximum Gasteiger partial charge on any atom is 0.0234 e. The highest BCUT2D eigenvalue weighted by molar-refractivity contribution is 8.77. The van der Waals surface area contributed by atoms with Crippen LogP contribution in [-0.2, 0) is 0 Å². The van der Waals surface area contributed by atoms with Gasteiger partial charge in [-0.25, -0.2) is 0 Å². The zero-order valence-corrected chi connectivity index (χ0v) is 10.1. The number of hydrogen-bond acceptors (Lipinski definition) is 2. The minimum absolute atomic E-state index is 0.366. The molecule has 0 aromatic heterocycles. The maximum absolute atomic E-state index is 5.62. The average molecular weight is 213 g/mol. The van der Waals surface area contributed by atoms with Gasteiger partial charge in [-0.05, 0) is 6.42 Å². The Labute approximate surface area is 83.2 Å². The summed E-state index contributed by atoms with van der Waals surface area (Å²) in [5, 5.41) is 0.678. The Kier molecular flexibility index (Phi) is 6.11. The topological polar surface area (TPSA) is 0 Å². The van der Waals surface area contributed by atoms with Crippen molar-refractivity contribution in [1.29, 1.82) is 0 Å². The fourth-order valence-corrected chi connectivity index (χ4v) is 3.20. The second-order valence-corrected chi connectivity index (χ2v) is 7.42. The van der Waals surface area contributed by atoms with Crippen LogP contribution < -0.4 is 0 Å². The molecule has 0 unspecified atom stereocenters. The first-order valence-electron chi connectivity index (χ1n) is 3.86. The molecule has 0 aliphatic rings. The summed E-state index contributed by atoms with van der Waals surface area (Å²) < 4.78 is 0.366. The molecule has 0 fully saturated rings. The number of alkyl halides is 1. The summed E-state index contributed by atoms with van der Waals surface area (Å²) in [5.74, 6) is 0.777. The second-order valence-electron chi connectivity index (χ2n) is 3.58. The van der Waals surface area contributed by atoms with Crippen molar-refractivity contribution in [3.63, 3.8) is 0 Å². The van der Waals surface area contributed by atoms with E-state index < -0.39 is 0 Å². The Balaban J connectivity index is 3.38. The molecule has 0 N–H and O–H groups in total. The molecule has 0 heterocycles. The first-order chi connectivity index (χ1) is 4.95. The third kappa shape index (κ3) is 8.90. The Morgan fingerprint density at radius 1 is 1.36 bits per heavy atom. The van der Waals surface area contributed by atoms with Crippen LogP contribution in [0.15, 0.2) is 0 Å². The molecular weight excluding hydrogens is 196 g/mol. The van der Waals surface area contributed by atoms with Gasteiger partial charge in [0.05, 0.1) is 0 Å². The van der Waals surface area contributed by atoms with E-state index in [1.54, 1.807) is 0 Å². The lowest BCUT2D eigenvalue weighted by Crippen LogP contribution is -2.06. The summed E-state index contributed by atoms with van der Waals surface area (Å²) in [6.07, 6.45) is 1.11. The van der Waals surface area contributed by atoms with Crippen molar-refractivity contribution in [2.75, 3.05) is 5.88 Å². The molecule has 0 saturated carbocycles. The van der Waals surface area contributed by atoms with E-state index in [2.05, 4.69) is 27.7 Å². The Bertz CT molecular complexity index is 98.8. The van der Waals surface area contributed by atoms with E-state index in [-0.39, 0.29) is 0 Å². The highest BCUT2D eigenvalue weighted by Crippen LogP contribution is 2.38. The van der Waals surface area contributed by atoms with Crippen molar-refractivity contribution in [3.8, 4) is 0 Å². The molecule has 0 aliphatic heterocycles. The van der Waals surface area contributed by atoms with E-state index in [0.717, 1.165) is 12.3 Å². The van der Waals surface area contributed by atoms with Crippen LogP contribution in [0.1, 0.15) is 34.1 Å². The van der Waals surface area contributed by atoms with Gasteiger partial charge >= 0.3 is 0 Å². The summed E-state index contributed by atoms with van der Waals surface area (Å²) in [4.78, 5) is 0. The maximum atomic E-state index is 5.62. The predicted molar refractivity (Wildman–Crippen MR) is 59.7 cm³/mol. The summed E-state index contributed by atoms with van der Waals surface area (Å²) in [7, 11) is 3.88. The summed E-state index contributed by atoms with van der Waals surface area (Å²) in [6, 6.07) is 0. The van der Waals surface area contributed by atoms with Crippen LogP contribution in [0.5, 0.6) is 0 Å². The molecule has 0 saturated heterocycles. The van der Waals surface area contributed by atoms with Crippen LogP contribution >= 0.6 is 33.2 Å². The van der Waals surface area contributed by atoms with Gasteiger partial charge in [0.15, 0.2) is 0 Å². The van der Waals surface area contributed by atoms with Crippen LogP contribution in [0.3, 0.4) is 0 Å². The largest absolute Gasteiger partial charge is 0.127 e. The van der Waals surface area contributed by atoms with Crippen molar-refractivity contribution >= 4 is 33.2 Å². The van der Waals surface area contributed by atoms with Gasteiger partial charge in [0.2, 0.25) is 0 Å². The molecule has 3 heteroatoms. The molecule has 0 bridgehead atoms. The van der Waals surface area contributed by atoms with Crippen LogP contribution in [0.2, 0.25) is 0 Å². The van der Waals surface area contributed by atoms with Gasteiger partial charge in [-0.3, -0.25) is 0 Å². The minimum atomic E-state index is 0.366. The molecule has 11 heavy (non-hydrogen) atoms. The molecule has 0 amide bonds. The van der Waals surface area contributed by atoms with Crippen molar-refractivity contribution < 1.29 is 0 Å². The van der Waals surface area contributed by atoms with Crippen LogP contribution in [-0.4, -0.2) is 15.9 Å². The molecule has 0 rings (SSSR count). The fraction of sp³-hybridized carbons (Fsp3) is 1.00. The first kappa shape index (κ1) is 12.0. The Hall–Kier alpha value is 0.990. The SMILES string of the molecule is C[C@@H](CCCl)SSC(C)(C)C. The van der Waals surface area contributed by atoms with Gasteiger partial charge in [0.1, 0.15) is 0 Å². The smallest absolute Gasteiger partial charge is 0.0234 e. The summed E-state index contributed by atoms with van der Waals surface area (Å²) >= 11 is 5.62. The lowest BCUT2D eigenvalue weighted by Gasteiger charge is -2.18. The van der Waals surface area contributed by atoms with Gasteiger partial charge in [-0.2, -0.15) is 0 Å². The third-order valence-corrected chi connectivity index (χ3v) is 5.13. The van der Waals surface area contributed by atoms with E-state index in [1.807, 2.05) is 21.6 Å². The van der Waals surface area contributed by atoms with E-state index in [4.69, 9.17) is 11.6 Å². The number of rotatable bonds is 4. The van der Waals surface area contributed by atoms with Crippen molar-refractivity contribution in [2.24, 2.45) is 0 Å². The van der Waals surface area contributed by atoms with Gasteiger partial charge in [-0.15, -0.1) is 11.6 Å². The van der Waals surface area contributed by atoms with Gasteiger partial charge in [-0.1, -0.05) is 49.3 Å². The van der Waals surface area contributed by atoms with E-state index in [1.165, 1.54) is 0 Å². The summed E-state index contributed by atoms with van der Waals surface area (Å²) in [5.41, 5.74) is 0. The van der Waals surface area contributed by atoms with Crippen LogP contribution in [0, 0.1) is 0 Å². The van der Waals surface area contributed by atoms with Crippen molar-refractivity contribution in [2.45, 2.75) is 44.1 Å². The molecule has 0 spiro atoms. The molecule has 68 valence electrons. The fourth-order valence-electron chi connectivity index (χ4n) is 0.428. The second kappa shape index (κ2) is 5.60. The highest BCUT2D eigenvalue weighted by atomic mass is 35.5. The molecule has 0 aromatic rings. The normalized spacial score (nSPS) is 15.0. The zero-order valence-electron chi connectivity index (χ0n) is 7.69. The highest BCUT2D eigenvalue weighted by Gasteiger charge is 2.13. The van der Waals surface area contributed by atoms with Crippen molar-refractivity contribution in [3.05, 3.63) is 0 Å². The quantitative estimate of drug-likeness (QED) is 0.507. The third-order valence-electron chi connectivity index (χ3n) is 0.978. The van der Waals surface area contributed by atoms with Crippen molar-refractivity contribution in [1.82, 2.24) is 0 Å². The molecule has 0 nitrogen and oxygen atoms in total. The van der Waals surface area contributed by atoms with Gasteiger partial charge < -0.3 is 0 Å².